The predicted octanol–water partition coefficient (Wildman–Crippen LogP) is 3.68. The van der Waals surface area contributed by atoms with Gasteiger partial charge in [-0.25, -0.2) is 8.42 Å². The van der Waals surface area contributed by atoms with Crippen LogP contribution in [-0.4, -0.2) is 31.7 Å². The van der Waals surface area contributed by atoms with Crippen molar-refractivity contribution in [2.75, 3.05) is 13.1 Å². The second kappa shape index (κ2) is 8.08. The van der Waals surface area contributed by atoms with Crippen LogP contribution in [0.3, 0.4) is 0 Å². The van der Waals surface area contributed by atoms with Crippen LogP contribution in [0.4, 0.5) is 0 Å². The molecule has 26 heavy (non-hydrogen) atoms. The first-order chi connectivity index (χ1) is 12.4. The quantitative estimate of drug-likeness (QED) is 0.814. The molecule has 1 aliphatic rings. The Morgan fingerprint density at radius 3 is 2.85 bits per heavy atom. The van der Waals surface area contributed by atoms with E-state index in [-0.39, 0.29) is 24.4 Å². The first kappa shape index (κ1) is 19.4. The number of hydrogen-bond acceptors (Lipinski definition) is 4. The fourth-order valence-corrected chi connectivity index (χ4v) is 5.97. The molecule has 0 bridgehead atoms. The Morgan fingerprint density at radius 2 is 2.15 bits per heavy atom. The van der Waals surface area contributed by atoms with Crippen LogP contribution in [0, 0.1) is 5.92 Å². The number of rotatable bonds is 5. The number of carbonyl (C=O) groups is 1. The van der Waals surface area contributed by atoms with Crippen molar-refractivity contribution in [1.29, 1.82) is 0 Å². The minimum absolute atomic E-state index is 0.122. The van der Waals surface area contributed by atoms with Gasteiger partial charge in [0.2, 0.25) is 5.91 Å². The number of hydrogen-bond donors (Lipinski definition) is 1. The molecule has 0 spiro atoms. The average Bonchev–Trinajstić information content (AvgIpc) is 3.17. The summed E-state index contributed by atoms with van der Waals surface area (Å²) in [5, 5.41) is 5.35. The van der Waals surface area contributed by atoms with E-state index in [0.29, 0.717) is 28.6 Å². The van der Waals surface area contributed by atoms with Gasteiger partial charge in [-0.2, -0.15) is 4.31 Å². The van der Waals surface area contributed by atoms with Crippen LogP contribution in [0.25, 0.3) is 0 Å². The SMILES string of the molecule is C[C@H](NC(=O)[C@H]1CCCN(S(=O)(=O)c2cccs2)C1)c1cccc(Cl)c1. The summed E-state index contributed by atoms with van der Waals surface area (Å²) < 4.78 is 27.1. The molecule has 0 saturated carbocycles. The smallest absolute Gasteiger partial charge is 0.252 e. The molecular weight excluding hydrogens is 392 g/mol. The summed E-state index contributed by atoms with van der Waals surface area (Å²) in [6, 6.07) is 10.5. The Morgan fingerprint density at radius 1 is 1.35 bits per heavy atom. The molecule has 0 radical (unpaired) electrons. The maximum absolute atomic E-state index is 12.7. The van der Waals surface area contributed by atoms with Crippen molar-refractivity contribution in [3.8, 4) is 0 Å². The van der Waals surface area contributed by atoms with Gasteiger partial charge in [-0.3, -0.25) is 4.79 Å². The third kappa shape index (κ3) is 4.28. The first-order valence-corrected chi connectivity index (χ1v) is 11.2. The molecule has 1 fully saturated rings. The van der Waals surface area contributed by atoms with Gasteiger partial charge in [0.1, 0.15) is 4.21 Å². The maximum Gasteiger partial charge on any atom is 0.252 e. The zero-order valence-electron chi connectivity index (χ0n) is 14.4. The predicted molar refractivity (Wildman–Crippen MR) is 104 cm³/mol. The molecule has 2 heterocycles. The van der Waals surface area contributed by atoms with Crippen molar-refractivity contribution in [1.82, 2.24) is 9.62 Å². The molecule has 1 amide bonds. The van der Waals surface area contributed by atoms with E-state index in [1.54, 1.807) is 23.6 Å². The van der Waals surface area contributed by atoms with Gasteiger partial charge in [0.15, 0.2) is 0 Å². The van der Waals surface area contributed by atoms with Gasteiger partial charge in [0.05, 0.1) is 12.0 Å². The summed E-state index contributed by atoms with van der Waals surface area (Å²) in [7, 11) is -3.52. The van der Waals surface area contributed by atoms with E-state index in [0.717, 1.165) is 5.56 Å². The lowest BCUT2D eigenvalue weighted by atomic mass is 9.98. The summed E-state index contributed by atoms with van der Waals surface area (Å²) in [5.74, 6) is -0.469. The molecule has 2 aromatic rings. The van der Waals surface area contributed by atoms with Crippen molar-refractivity contribution in [3.05, 3.63) is 52.4 Å². The van der Waals surface area contributed by atoms with Crippen LogP contribution >= 0.6 is 22.9 Å². The number of piperidine rings is 1. The summed E-state index contributed by atoms with van der Waals surface area (Å²) in [5.41, 5.74) is 0.921. The minimum Gasteiger partial charge on any atom is -0.349 e. The molecule has 0 aliphatic carbocycles. The summed E-state index contributed by atoms with van der Waals surface area (Å²) in [4.78, 5) is 12.7. The highest BCUT2D eigenvalue weighted by Crippen LogP contribution is 2.27. The van der Waals surface area contributed by atoms with Gasteiger partial charge in [-0.1, -0.05) is 29.8 Å². The third-order valence-electron chi connectivity index (χ3n) is 4.55. The van der Waals surface area contributed by atoms with Gasteiger partial charge in [0.25, 0.3) is 10.0 Å². The Bertz CT molecular complexity index is 868. The summed E-state index contributed by atoms with van der Waals surface area (Å²) >= 11 is 7.21. The van der Waals surface area contributed by atoms with Crippen LogP contribution in [0.15, 0.2) is 46.0 Å². The van der Waals surface area contributed by atoms with Crippen LogP contribution < -0.4 is 5.32 Å². The molecule has 1 aromatic heterocycles. The second-order valence-electron chi connectivity index (χ2n) is 6.42. The van der Waals surface area contributed by atoms with Crippen molar-refractivity contribution in [3.63, 3.8) is 0 Å². The van der Waals surface area contributed by atoms with E-state index in [1.165, 1.54) is 15.6 Å². The Labute approximate surface area is 163 Å². The number of nitrogens with zero attached hydrogens (tertiary/aromatic N) is 1. The van der Waals surface area contributed by atoms with Crippen molar-refractivity contribution in [2.45, 2.75) is 30.0 Å². The Balaban J connectivity index is 1.66. The molecular formula is C18H21ClN2O3S2. The fraction of sp³-hybridized carbons (Fsp3) is 0.389. The fourth-order valence-electron chi connectivity index (χ4n) is 3.10. The standard InChI is InChI=1S/C18H21ClN2O3S2/c1-13(14-5-2-7-16(19)11-14)20-18(22)15-6-3-9-21(12-15)26(23,24)17-8-4-10-25-17/h2,4-5,7-8,10-11,13,15H,3,6,9,12H2,1H3,(H,20,22)/t13-,15-/m0/s1. The molecule has 140 valence electrons. The van der Waals surface area contributed by atoms with Gasteiger partial charge in [0, 0.05) is 18.1 Å². The lowest BCUT2D eigenvalue weighted by Gasteiger charge is -2.31. The number of carbonyl (C=O) groups excluding carboxylic acids is 1. The molecule has 5 nitrogen and oxygen atoms in total. The van der Waals surface area contributed by atoms with E-state index in [4.69, 9.17) is 11.6 Å². The Hall–Kier alpha value is -1.41. The third-order valence-corrected chi connectivity index (χ3v) is 8.02. The summed E-state index contributed by atoms with van der Waals surface area (Å²) in [6.07, 6.45) is 1.36. The highest BCUT2D eigenvalue weighted by molar-refractivity contribution is 7.91. The van der Waals surface area contributed by atoms with E-state index in [9.17, 15) is 13.2 Å². The molecule has 1 aliphatic heterocycles. The van der Waals surface area contributed by atoms with Crippen molar-refractivity contribution >= 4 is 38.9 Å². The number of benzene rings is 1. The molecule has 1 saturated heterocycles. The largest absolute Gasteiger partial charge is 0.349 e. The second-order valence-corrected chi connectivity index (χ2v) is 9.97. The number of halogens is 1. The molecule has 1 N–H and O–H groups in total. The normalized spacial score (nSPS) is 19.8. The van der Waals surface area contributed by atoms with Gasteiger partial charge >= 0.3 is 0 Å². The van der Waals surface area contributed by atoms with Crippen LogP contribution in [0.2, 0.25) is 5.02 Å². The molecule has 0 unspecified atom stereocenters. The van der Waals surface area contributed by atoms with Crippen molar-refractivity contribution < 1.29 is 13.2 Å². The van der Waals surface area contributed by atoms with Crippen LogP contribution in [0.1, 0.15) is 31.4 Å². The van der Waals surface area contributed by atoms with Gasteiger partial charge < -0.3 is 5.32 Å². The molecule has 2 atom stereocenters. The lowest BCUT2D eigenvalue weighted by molar-refractivity contribution is -0.126. The Kier molecular flexibility index (Phi) is 6.02. The zero-order chi connectivity index (χ0) is 18.7. The highest BCUT2D eigenvalue weighted by atomic mass is 35.5. The molecule has 8 heteroatoms. The van der Waals surface area contributed by atoms with Crippen LogP contribution in [-0.2, 0) is 14.8 Å². The topological polar surface area (TPSA) is 66.5 Å². The average molecular weight is 413 g/mol. The maximum atomic E-state index is 12.7. The number of nitrogens with one attached hydrogen (secondary N) is 1. The molecule has 1 aromatic carbocycles. The number of sulfonamides is 1. The monoisotopic (exact) mass is 412 g/mol. The molecule has 3 rings (SSSR count). The van der Waals surface area contributed by atoms with Gasteiger partial charge in [-0.15, -0.1) is 11.3 Å². The van der Waals surface area contributed by atoms with Crippen LogP contribution in [0.5, 0.6) is 0 Å². The van der Waals surface area contributed by atoms with Gasteiger partial charge in [-0.05, 0) is 48.9 Å². The number of thiophene rings is 1. The van der Waals surface area contributed by atoms with E-state index in [2.05, 4.69) is 5.32 Å². The first-order valence-electron chi connectivity index (χ1n) is 8.47. The van der Waals surface area contributed by atoms with E-state index < -0.39 is 10.0 Å². The van der Waals surface area contributed by atoms with E-state index in [1.807, 2.05) is 25.1 Å². The number of amides is 1. The zero-order valence-corrected chi connectivity index (χ0v) is 16.8. The summed E-state index contributed by atoms with van der Waals surface area (Å²) in [6.45, 7) is 2.56. The highest BCUT2D eigenvalue weighted by Gasteiger charge is 2.34. The van der Waals surface area contributed by atoms with Crippen molar-refractivity contribution in [2.24, 2.45) is 5.92 Å². The minimum atomic E-state index is -3.52. The lowest BCUT2D eigenvalue weighted by Crippen LogP contribution is -2.45. The van der Waals surface area contributed by atoms with E-state index >= 15 is 0 Å².